The first-order chi connectivity index (χ1) is 16.6. The summed E-state index contributed by atoms with van der Waals surface area (Å²) in [5.74, 6) is 0.567. The first kappa shape index (κ1) is 20.9. The summed E-state index contributed by atoms with van der Waals surface area (Å²) in [5.41, 5.74) is 2.69. The van der Waals surface area contributed by atoms with Crippen molar-refractivity contribution in [1.29, 1.82) is 0 Å². The molecule has 4 aromatic rings. The molecule has 6 nitrogen and oxygen atoms in total. The third kappa shape index (κ3) is 3.54. The summed E-state index contributed by atoms with van der Waals surface area (Å²) in [5, 5.41) is 0.747. The average molecular weight is 472 g/mol. The van der Waals surface area contributed by atoms with Crippen molar-refractivity contribution in [3.8, 4) is 21.7 Å². The zero-order chi connectivity index (χ0) is 23.2. The first-order valence-electron chi connectivity index (χ1n) is 11.2. The predicted octanol–water partition coefficient (Wildman–Crippen LogP) is 4.68. The third-order valence-corrected chi connectivity index (χ3v) is 7.55. The van der Waals surface area contributed by atoms with Gasteiger partial charge in [-0.3, -0.25) is 4.79 Å². The van der Waals surface area contributed by atoms with Gasteiger partial charge in [0.25, 0.3) is 5.91 Å². The molecule has 0 unspecified atom stereocenters. The van der Waals surface area contributed by atoms with Crippen molar-refractivity contribution in [2.24, 2.45) is 5.92 Å². The van der Waals surface area contributed by atoms with Crippen LogP contribution in [0.3, 0.4) is 0 Å². The number of nitrogens with zero attached hydrogens (tertiary/aromatic N) is 5. The number of hydrogen-bond donors (Lipinski definition) is 0. The monoisotopic (exact) mass is 471 g/mol. The zero-order valence-corrected chi connectivity index (χ0v) is 19.4. The summed E-state index contributed by atoms with van der Waals surface area (Å²) in [6.07, 6.45) is 1.79. The number of hydrogen-bond acceptors (Lipinski definition) is 6. The molecule has 2 aliphatic heterocycles. The number of carbonyl (C=O) groups is 1. The highest BCUT2D eigenvalue weighted by Crippen LogP contribution is 2.38. The van der Waals surface area contributed by atoms with Gasteiger partial charge in [0, 0.05) is 42.9 Å². The van der Waals surface area contributed by atoms with E-state index in [-0.39, 0.29) is 17.8 Å². The number of aromatic nitrogens is 3. The van der Waals surface area contributed by atoms with Crippen molar-refractivity contribution >= 4 is 23.2 Å². The lowest BCUT2D eigenvalue weighted by Gasteiger charge is -2.43. The molecule has 170 valence electrons. The van der Waals surface area contributed by atoms with Gasteiger partial charge in [-0.15, -0.1) is 11.3 Å². The summed E-state index contributed by atoms with van der Waals surface area (Å²) >= 11 is 1.35. The summed E-state index contributed by atoms with van der Waals surface area (Å²) in [4.78, 5) is 31.8. The number of rotatable bonds is 4. The minimum absolute atomic E-state index is 0.143. The van der Waals surface area contributed by atoms with E-state index in [0.29, 0.717) is 41.1 Å². The molecule has 2 fully saturated rings. The second-order valence-electron chi connectivity index (χ2n) is 8.69. The Morgan fingerprint density at radius 3 is 2.62 bits per heavy atom. The lowest BCUT2D eigenvalue weighted by Crippen LogP contribution is -2.56. The molecule has 0 bridgehead atoms. The van der Waals surface area contributed by atoms with Gasteiger partial charge in [0.05, 0.1) is 21.6 Å². The van der Waals surface area contributed by atoms with Crippen LogP contribution in [0.5, 0.6) is 0 Å². The lowest BCUT2D eigenvalue weighted by atomic mass is 9.92. The maximum Gasteiger partial charge on any atom is 0.274 e. The van der Waals surface area contributed by atoms with Crippen LogP contribution in [0.25, 0.3) is 21.7 Å². The van der Waals surface area contributed by atoms with Gasteiger partial charge in [-0.25, -0.2) is 19.3 Å². The van der Waals surface area contributed by atoms with E-state index < -0.39 is 0 Å². The Kier molecular flexibility index (Phi) is 5.10. The van der Waals surface area contributed by atoms with Crippen LogP contribution in [0.15, 0.2) is 66.9 Å². The van der Waals surface area contributed by atoms with Crippen molar-refractivity contribution in [2.75, 3.05) is 24.5 Å². The third-order valence-electron chi connectivity index (χ3n) is 6.55. The molecule has 6 rings (SSSR count). The highest BCUT2D eigenvalue weighted by Gasteiger charge is 2.48. The number of fused-ring (bicyclic) bond motifs is 1. The van der Waals surface area contributed by atoms with Crippen LogP contribution in [0.4, 0.5) is 10.3 Å². The Morgan fingerprint density at radius 1 is 1.00 bits per heavy atom. The molecule has 0 N–H and O–H groups in total. The number of carbonyl (C=O) groups excluding carboxylic acids is 1. The van der Waals surface area contributed by atoms with E-state index >= 15 is 0 Å². The van der Waals surface area contributed by atoms with E-state index in [9.17, 15) is 9.18 Å². The van der Waals surface area contributed by atoms with Crippen LogP contribution in [0.1, 0.15) is 15.5 Å². The fourth-order valence-corrected chi connectivity index (χ4v) is 5.78. The lowest BCUT2D eigenvalue weighted by molar-refractivity contribution is 0.0785. The van der Waals surface area contributed by atoms with E-state index in [4.69, 9.17) is 4.98 Å². The molecule has 1 amide bonds. The molecule has 2 aromatic heterocycles. The molecule has 4 heterocycles. The Labute approximate surface area is 200 Å². The fourth-order valence-electron chi connectivity index (χ4n) is 4.84. The smallest absolute Gasteiger partial charge is 0.274 e. The number of benzene rings is 2. The second-order valence-corrected chi connectivity index (χ2v) is 9.89. The molecular formula is C26H22FN5OS. The van der Waals surface area contributed by atoms with E-state index in [2.05, 4.69) is 14.9 Å². The maximum absolute atomic E-state index is 14.5. The van der Waals surface area contributed by atoms with Crippen molar-refractivity contribution in [3.63, 3.8) is 0 Å². The van der Waals surface area contributed by atoms with E-state index in [0.717, 1.165) is 22.8 Å². The number of halogens is 1. The zero-order valence-electron chi connectivity index (χ0n) is 18.6. The molecule has 0 spiro atoms. The maximum atomic E-state index is 14.5. The van der Waals surface area contributed by atoms with Crippen molar-refractivity contribution < 1.29 is 9.18 Å². The van der Waals surface area contributed by atoms with Gasteiger partial charge in [-0.1, -0.05) is 48.5 Å². The summed E-state index contributed by atoms with van der Waals surface area (Å²) < 4.78 is 14.5. The minimum atomic E-state index is -0.344. The SMILES string of the molecule is Cc1nc(C(=O)N2C[C@@H]3CN(c4nccc(-c5ccccc5)n4)[C@H]3C2)c(-c2ccccc2F)s1. The van der Waals surface area contributed by atoms with Gasteiger partial charge in [-0.05, 0) is 19.1 Å². The quantitative estimate of drug-likeness (QED) is 0.433. The summed E-state index contributed by atoms with van der Waals surface area (Å²) in [7, 11) is 0. The molecule has 0 aliphatic carbocycles. The molecule has 34 heavy (non-hydrogen) atoms. The van der Waals surface area contributed by atoms with Gasteiger partial charge >= 0.3 is 0 Å². The van der Waals surface area contributed by atoms with E-state index in [1.165, 1.54) is 17.4 Å². The number of aryl methyl sites for hydroxylation is 1. The summed E-state index contributed by atoms with van der Waals surface area (Å²) in [6, 6.07) is 18.7. The van der Waals surface area contributed by atoms with E-state index in [1.807, 2.05) is 48.2 Å². The van der Waals surface area contributed by atoms with Crippen LogP contribution in [-0.2, 0) is 0 Å². The molecule has 2 aromatic carbocycles. The van der Waals surface area contributed by atoms with E-state index in [1.54, 1.807) is 24.4 Å². The number of thiazole rings is 1. The minimum Gasteiger partial charge on any atom is -0.335 e. The number of likely N-dealkylation sites (tertiary alicyclic amines) is 1. The molecule has 0 radical (unpaired) electrons. The fraction of sp³-hybridized carbons (Fsp3) is 0.231. The van der Waals surface area contributed by atoms with Crippen molar-refractivity contribution in [3.05, 3.63) is 83.4 Å². The number of anilines is 1. The first-order valence-corrected chi connectivity index (χ1v) is 12.1. The van der Waals surface area contributed by atoms with Crippen LogP contribution in [-0.4, -0.2) is 51.4 Å². The molecule has 2 saturated heterocycles. The molecular weight excluding hydrogens is 449 g/mol. The Bertz CT molecular complexity index is 1370. The van der Waals surface area contributed by atoms with Gasteiger partial charge in [0.15, 0.2) is 0 Å². The number of amides is 1. The standard InChI is InChI=1S/C26H22FN5OS/c1-16-29-23(24(34-16)19-9-5-6-10-20(19)27)25(33)31-13-18-14-32(22(18)15-31)26-28-12-11-21(30-26)17-7-3-2-4-8-17/h2-12,18,22H,13-15H2,1H3/t18-,22+/m1/s1. The van der Waals surface area contributed by atoms with Crippen LogP contribution in [0, 0.1) is 18.7 Å². The Hall–Kier alpha value is -3.65. The molecule has 2 atom stereocenters. The van der Waals surface area contributed by atoms with Gasteiger partial charge in [-0.2, -0.15) is 0 Å². The van der Waals surface area contributed by atoms with Crippen molar-refractivity contribution in [1.82, 2.24) is 19.9 Å². The van der Waals surface area contributed by atoms with Gasteiger partial charge in [0.2, 0.25) is 5.95 Å². The van der Waals surface area contributed by atoms with Crippen LogP contribution >= 0.6 is 11.3 Å². The van der Waals surface area contributed by atoms with Gasteiger partial charge in [0.1, 0.15) is 11.5 Å². The van der Waals surface area contributed by atoms with Gasteiger partial charge < -0.3 is 9.80 Å². The Balaban J connectivity index is 1.22. The largest absolute Gasteiger partial charge is 0.335 e. The normalized spacial score (nSPS) is 19.1. The topological polar surface area (TPSA) is 62.2 Å². The second kappa shape index (κ2) is 8.29. The Morgan fingerprint density at radius 2 is 1.79 bits per heavy atom. The van der Waals surface area contributed by atoms with Crippen molar-refractivity contribution in [2.45, 2.75) is 13.0 Å². The summed E-state index contributed by atoms with van der Waals surface area (Å²) in [6.45, 7) is 3.89. The molecule has 8 heteroatoms. The van der Waals surface area contributed by atoms with Crippen LogP contribution in [0.2, 0.25) is 0 Å². The highest BCUT2D eigenvalue weighted by molar-refractivity contribution is 7.15. The van der Waals surface area contributed by atoms with Crippen LogP contribution < -0.4 is 4.90 Å². The highest BCUT2D eigenvalue weighted by atomic mass is 32.1. The molecule has 0 saturated carbocycles. The average Bonchev–Trinajstić information content (AvgIpc) is 3.40. The predicted molar refractivity (Wildman–Crippen MR) is 130 cm³/mol. The molecule has 2 aliphatic rings.